The lowest BCUT2D eigenvalue weighted by atomic mass is 10.2. The van der Waals surface area contributed by atoms with Crippen molar-refractivity contribution in [3.63, 3.8) is 0 Å². The third-order valence-electron chi connectivity index (χ3n) is 5.17. The molecule has 1 aliphatic heterocycles. The van der Waals surface area contributed by atoms with Gasteiger partial charge in [0.25, 0.3) is 0 Å². The van der Waals surface area contributed by atoms with Crippen molar-refractivity contribution >= 4 is 34.7 Å². The molecule has 4 rings (SSSR count). The summed E-state index contributed by atoms with van der Waals surface area (Å²) in [5.41, 5.74) is 2.18. The Morgan fingerprint density at radius 2 is 1.33 bits per heavy atom. The second kappa shape index (κ2) is 7.37. The van der Waals surface area contributed by atoms with Gasteiger partial charge in [0.05, 0.1) is 12.1 Å². The number of rotatable bonds is 4. The Labute approximate surface area is 182 Å². The van der Waals surface area contributed by atoms with E-state index in [1.54, 1.807) is 27.0 Å². The Morgan fingerprint density at radius 1 is 0.867 bits per heavy atom. The first-order chi connectivity index (χ1) is 14.2. The van der Waals surface area contributed by atoms with E-state index < -0.39 is 12.9 Å². The van der Waals surface area contributed by atoms with Crippen LogP contribution in [0.15, 0.2) is 54.6 Å². The maximum atomic E-state index is 14.9. The summed E-state index contributed by atoms with van der Waals surface area (Å²) in [5.74, 6) is 0.329. The van der Waals surface area contributed by atoms with Crippen LogP contribution < -0.4 is 30.1 Å². The Morgan fingerprint density at radius 3 is 1.80 bits per heavy atom. The van der Waals surface area contributed by atoms with Crippen LogP contribution in [0.1, 0.15) is 25.0 Å². The van der Waals surface area contributed by atoms with Crippen molar-refractivity contribution in [3.05, 3.63) is 70.7 Å². The maximum Gasteiger partial charge on any atom is 0.246 e. The van der Waals surface area contributed by atoms with Crippen molar-refractivity contribution in [2.24, 2.45) is 0 Å². The molecular formula is C24H24ClO4P. The maximum absolute atomic E-state index is 14.9. The molecule has 0 amide bonds. The molecular weight excluding hydrogens is 419 g/mol. The smallest absolute Gasteiger partial charge is 0.246 e. The summed E-state index contributed by atoms with van der Waals surface area (Å²) in [6.45, 7) is 7.59. The van der Waals surface area contributed by atoms with Crippen LogP contribution in [-0.2, 0) is 4.57 Å². The van der Waals surface area contributed by atoms with Gasteiger partial charge in [0.1, 0.15) is 0 Å². The molecule has 0 spiro atoms. The summed E-state index contributed by atoms with van der Waals surface area (Å²) in [5, 5.41) is 2.13. The quantitative estimate of drug-likeness (QED) is 0.526. The zero-order valence-electron chi connectivity index (χ0n) is 17.7. The van der Waals surface area contributed by atoms with Gasteiger partial charge in [-0.1, -0.05) is 71.3 Å². The molecule has 0 unspecified atom stereocenters. The van der Waals surface area contributed by atoms with Gasteiger partial charge in [-0.05, 0) is 19.9 Å². The molecule has 156 valence electrons. The predicted octanol–water partition coefficient (Wildman–Crippen LogP) is 5.11. The molecule has 30 heavy (non-hydrogen) atoms. The fourth-order valence-electron chi connectivity index (χ4n) is 3.60. The van der Waals surface area contributed by atoms with Crippen LogP contribution in [0.3, 0.4) is 0 Å². The number of benzene rings is 3. The van der Waals surface area contributed by atoms with Gasteiger partial charge in [-0.3, -0.25) is 0 Å². The minimum Gasteiger partial charge on any atom is -0.493 e. The minimum absolute atomic E-state index is 0.279. The summed E-state index contributed by atoms with van der Waals surface area (Å²) < 4.78 is 32.3. The van der Waals surface area contributed by atoms with Crippen LogP contribution >= 0.6 is 18.7 Å². The van der Waals surface area contributed by atoms with Crippen molar-refractivity contribution in [2.75, 3.05) is 7.11 Å². The standard InChI is InChI=1S/C24H24ClO4P/c1-15-6-10-17(11-7-15)30(26,18-12-8-16(2)9-13-18)20-14-19(27-5)22-23(21(20)25)29-24(3,4)28-22/h6-14H,1-5H3. The predicted molar refractivity (Wildman–Crippen MR) is 122 cm³/mol. The molecule has 3 aromatic rings. The van der Waals surface area contributed by atoms with Crippen molar-refractivity contribution in [1.82, 2.24) is 0 Å². The zero-order valence-corrected chi connectivity index (χ0v) is 19.3. The highest BCUT2D eigenvalue weighted by Crippen LogP contribution is 2.54. The number of aryl methyl sites for hydroxylation is 2. The zero-order chi connectivity index (χ0) is 21.7. The summed E-state index contributed by atoms with van der Waals surface area (Å²) >= 11 is 6.82. The van der Waals surface area contributed by atoms with E-state index in [0.717, 1.165) is 11.1 Å². The normalized spacial score (nSPS) is 14.6. The fourth-order valence-corrected chi connectivity index (χ4v) is 6.80. The van der Waals surface area contributed by atoms with Gasteiger partial charge in [0, 0.05) is 29.8 Å². The van der Waals surface area contributed by atoms with E-state index in [1.165, 1.54) is 0 Å². The van der Waals surface area contributed by atoms with E-state index in [0.29, 0.717) is 33.2 Å². The van der Waals surface area contributed by atoms with Crippen molar-refractivity contribution in [1.29, 1.82) is 0 Å². The van der Waals surface area contributed by atoms with E-state index in [4.69, 9.17) is 25.8 Å². The molecule has 0 aliphatic carbocycles. The molecule has 0 atom stereocenters. The summed E-state index contributed by atoms with van der Waals surface area (Å²) in [4.78, 5) is 0. The first-order valence-corrected chi connectivity index (χ1v) is 11.8. The summed E-state index contributed by atoms with van der Waals surface area (Å²) in [6, 6.07) is 17.1. The van der Waals surface area contributed by atoms with E-state index in [1.807, 2.05) is 62.4 Å². The van der Waals surface area contributed by atoms with Crippen molar-refractivity contribution < 1.29 is 18.8 Å². The largest absolute Gasteiger partial charge is 0.493 e. The molecule has 6 heteroatoms. The number of methoxy groups -OCH3 is 1. The Hall–Kier alpha value is -2.42. The second-order valence-corrected chi connectivity index (χ2v) is 11.1. The van der Waals surface area contributed by atoms with E-state index in [9.17, 15) is 4.57 Å². The highest BCUT2D eigenvalue weighted by molar-refractivity contribution is 7.85. The average Bonchev–Trinajstić information content (AvgIpc) is 3.05. The molecule has 4 nitrogen and oxygen atoms in total. The first kappa shape index (κ1) is 20.8. The Kier molecular flexibility index (Phi) is 5.12. The van der Waals surface area contributed by atoms with Gasteiger partial charge in [-0.15, -0.1) is 0 Å². The topological polar surface area (TPSA) is 44.8 Å². The molecule has 0 N–H and O–H groups in total. The molecule has 1 aliphatic rings. The molecule has 0 saturated heterocycles. The third-order valence-corrected chi connectivity index (χ3v) is 8.76. The fraction of sp³-hybridized carbons (Fsp3) is 0.250. The molecule has 0 radical (unpaired) electrons. The minimum atomic E-state index is -3.32. The van der Waals surface area contributed by atoms with Gasteiger partial charge in [-0.25, -0.2) is 0 Å². The SMILES string of the molecule is COc1cc(P(=O)(c2ccc(C)cc2)c2ccc(C)cc2)c(Cl)c2c1OC(C)(C)O2. The molecule has 0 saturated carbocycles. The van der Waals surface area contributed by atoms with Crippen LogP contribution in [0.2, 0.25) is 5.02 Å². The van der Waals surface area contributed by atoms with E-state index in [2.05, 4.69) is 0 Å². The van der Waals surface area contributed by atoms with Crippen LogP contribution in [0.25, 0.3) is 0 Å². The van der Waals surface area contributed by atoms with Gasteiger partial charge in [0.2, 0.25) is 11.5 Å². The van der Waals surface area contributed by atoms with Gasteiger partial charge < -0.3 is 18.8 Å². The van der Waals surface area contributed by atoms with Gasteiger partial charge in [-0.2, -0.15) is 0 Å². The van der Waals surface area contributed by atoms with Crippen LogP contribution in [-0.4, -0.2) is 12.9 Å². The molecule has 0 bridgehead atoms. The summed E-state index contributed by atoms with van der Waals surface area (Å²) in [6.07, 6.45) is 0. The summed E-state index contributed by atoms with van der Waals surface area (Å²) in [7, 11) is -1.77. The Bertz CT molecular complexity index is 1100. The third kappa shape index (κ3) is 3.38. The lowest BCUT2D eigenvalue weighted by molar-refractivity contribution is -0.0439. The number of hydrogen-bond donors (Lipinski definition) is 0. The highest BCUT2D eigenvalue weighted by Gasteiger charge is 2.41. The monoisotopic (exact) mass is 442 g/mol. The van der Waals surface area contributed by atoms with Crippen LogP contribution in [0, 0.1) is 13.8 Å². The van der Waals surface area contributed by atoms with E-state index in [-0.39, 0.29) is 5.02 Å². The number of ether oxygens (including phenoxy) is 3. The highest BCUT2D eigenvalue weighted by atomic mass is 35.5. The van der Waals surface area contributed by atoms with E-state index >= 15 is 0 Å². The molecule has 0 aromatic heterocycles. The molecule has 3 aromatic carbocycles. The van der Waals surface area contributed by atoms with Gasteiger partial charge in [0.15, 0.2) is 18.6 Å². The molecule has 0 fully saturated rings. The van der Waals surface area contributed by atoms with Gasteiger partial charge >= 0.3 is 0 Å². The lowest BCUT2D eigenvalue weighted by Gasteiger charge is -2.23. The van der Waals surface area contributed by atoms with Crippen LogP contribution in [0.4, 0.5) is 0 Å². The average molecular weight is 443 g/mol. The number of hydrogen-bond acceptors (Lipinski definition) is 4. The second-order valence-electron chi connectivity index (χ2n) is 7.95. The van der Waals surface area contributed by atoms with Crippen LogP contribution in [0.5, 0.6) is 17.2 Å². The lowest BCUT2D eigenvalue weighted by Crippen LogP contribution is -2.30. The van der Waals surface area contributed by atoms with Crippen molar-refractivity contribution in [3.8, 4) is 17.2 Å². The Balaban J connectivity index is 2.03. The first-order valence-electron chi connectivity index (χ1n) is 9.69. The number of halogens is 1. The number of fused-ring (bicyclic) bond motifs is 1. The van der Waals surface area contributed by atoms with Crippen molar-refractivity contribution in [2.45, 2.75) is 33.5 Å². The molecule has 1 heterocycles.